The van der Waals surface area contributed by atoms with Crippen LogP contribution in [0.4, 0.5) is 0 Å². The van der Waals surface area contributed by atoms with Gasteiger partial charge in [0.1, 0.15) is 0 Å². The Morgan fingerprint density at radius 1 is 0.905 bits per heavy atom. The van der Waals surface area contributed by atoms with Crippen molar-refractivity contribution in [1.82, 2.24) is 0 Å². The van der Waals surface area contributed by atoms with Crippen molar-refractivity contribution >= 4 is 34.8 Å². The Hall–Kier alpha value is 0.299. The fraction of sp³-hybridized carbons (Fsp3) is 0.722. The molecule has 1 rings (SSSR count). The van der Waals surface area contributed by atoms with Gasteiger partial charge < -0.3 is 0 Å². The molecule has 0 atom stereocenters. The fourth-order valence-corrected chi connectivity index (χ4v) is 19.6. The number of pyridine rings is 1. The molecule has 0 radical (unpaired) electrons. The van der Waals surface area contributed by atoms with E-state index in [1.165, 1.54) is 57.5 Å². The Labute approximate surface area is 142 Å². The van der Waals surface area contributed by atoms with Gasteiger partial charge in [-0.05, 0) is 0 Å². The van der Waals surface area contributed by atoms with E-state index in [-0.39, 0.29) is 0 Å². The van der Waals surface area contributed by atoms with Crippen molar-refractivity contribution in [3.63, 3.8) is 0 Å². The van der Waals surface area contributed by atoms with Crippen LogP contribution < -0.4 is 7.55 Å². The number of rotatable bonds is 10. The molecular weight excluding hydrogens is 381 g/mol. The topological polar surface area (TPSA) is 3.88 Å². The molecule has 0 saturated heterocycles. The number of unbranched alkanes of at least 4 members (excludes halogenated alkanes) is 3. The van der Waals surface area contributed by atoms with Crippen LogP contribution >= 0.6 is 12.8 Å². The third kappa shape index (κ3) is 5.78. The van der Waals surface area contributed by atoms with E-state index in [2.05, 4.69) is 58.8 Å². The van der Waals surface area contributed by atoms with E-state index in [1.807, 2.05) is 3.97 Å². The van der Waals surface area contributed by atoms with Gasteiger partial charge in [0.2, 0.25) is 0 Å². The van der Waals surface area contributed by atoms with E-state index in [1.54, 1.807) is 3.58 Å². The molecule has 1 nitrogen and oxygen atoms in total. The summed E-state index contributed by atoms with van der Waals surface area (Å²) >= 11 is 2.38. The molecule has 21 heavy (non-hydrogen) atoms. The quantitative estimate of drug-likeness (QED) is 0.311. The molecule has 1 aromatic rings. The zero-order chi connectivity index (χ0) is 15.7. The van der Waals surface area contributed by atoms with Gasteiger partial charge in [-0.25, -0.2) is 0 Å². The maximum absolute atomic E-state index is 4.62. The first kappa shape index (κ1) is 19.3. The van der Waals surface area contributed by atoms with Crippen LogP contribution in [0.2, 0.25) is 13.3 Å². The Bertz CT molecular complexity index is 398. The van der Waals surface area contributed by atoms with Gasteiger partial charge in [0.05, 0.1) is 0 Å². The van der Waals surface area contributed by atoms with Crippen LogP contribution in [0, 0.1) is 6.92 Å². The van der Waals surface area contributed by atoms with Gasteiger partial charge in [-0.15, -0.1) is 0 Å². The maximum atomic E-state index is 4.62. The summed E-state index contributed by atoms with van der Waals surface area (Å²) in [6.45, 7) is 9.15. The average molecular weight is 415 g/mol. The van der Waals surface area contributed by atoms with Crippen LogP contribution in [0.15, 0.2) is 18.3 Å². The molecule has 0 aliphatic rings. The molecule has 0 aliphatic heterocycles. The minimum atomic E-state index is -2.24. The predicted molar refractivity (Wildman–Crippen MR) is 100 cm³/mol. The van der Waals surface area contributed by atoms with Gasteiger partial charge in [-0.2, -0.15) is 0 Å². The van der Waals surface area contributed by atoms with Crippen LogP contribution in [0.5, 0.6) is 0 Å². The van der Waals surface area contributed by atoms with Gasteiger partial charge in [0, 0.05) is 0 Å². The second kappa shape index (κ2) is 10.1. The van der Waals surface area contributed by atoms with E-state index in [0.29, 0.717) is 0 Å². The predicted octanol–water partition coefficient (Wildman–Crippen LogP) is 5.03. The first-order chi connectivity index (χ1) is 10.1. The summed E-state index contributed by atoms with van der Waals surface area (Å²) in [4.78, 5) is 0. The van der Waals surface area contributed by atoms with E-state index in [0.717, 1.165) is 0 Å². The van der Waals surface area contributed by atoms with Crippen LogP contribution in [0.25, 0.3) is 0 Å². The third-order valence-corrected chi connectivity index (χ3v) is 20.8. The molecule has 0 spiro atoms. The number of aryl methyl sites for hydroxylation is 1. The SMILES string of the molecule is CCC[CH2][Sn]([CH2]CCC)([CH2]CCC)[c]1ccc(C)[n+](S)c1. The van der Waals surface area contributed by atoms with Crippen LogP contribution in [-0.2, 0) is 0 Å². The van der Waals surface area contributed by atoms with Crippen molar-refractivity contribution < 1.29 is 3.97 Å². The van der Waals surface area contributed by atoms with Crippen LogP contribution in [0.3, 0.4) is 0 Å². The number of hydrogen-bond donors (Lipinski definition) is 1. The molecule has 0 N–H and O–H groups in total. The summed E-state index contributed by atoms with van der Waals surface area (Å²) in [6, 6.07) is 4.72. The molecule has 1 heterocycles. The molecule has 0 bridgehead atoms. The van der Waals surface area contributed by atoms with E-state index in [4.69, 9.17) is 0 Å². The molecule has 0 unspecified atom stereocenters. The fourth-order valence-electron chi connectivity index (χ4n) is 3.23. The Morgan fingerprint density at radius 2 is 1.38 bits per heavy atom. The zero-order valence-corrected chi connectivity index (χ0v) is 18.2. The molecule has 120 valence electrons. The Kier molecular flexibility index (Phi) is 9.35. The number of aromatic nitrogens is 1. The normalized spacial score (nSPS) is 11.9. The first-order valence-corrected chi connectivity index (χ1v) is 16.7. The number of nitrogens with zero attached hydrogens (tertiary/aromatic N) is 1. The molecule has 1 aromatic heterocycles. The minimum absolute atomic E-state index is 1.24. The van der Waals surface area contributed by atoms with E-state index in [9.17, 15) is 0 Å². The molecule has 0 aliphatic carbocycles. The molecule has 3 heteroatoms. The van der Waals surface area contributed by atoms with Crippen LogP contribution in [-0.4, -0.2) is 18.4 Å². The van der Waals surface area contributed by atoms with E-state index < -0.39 is 18.4 Å². The first-order valence-electron chi connectivity index (χ1n) is 8.81. The van der Waals surface area contributed by atoms with Crippen molar-refractivity contribution in [2.24, 2.45) is 0 Å². The van der Waals surface area contributed by atoms with E-state index >= 15 is 0 Å². The summed E-state index contributed by atoms with van der Waals surface area (Å²) in [5.41, 5.74) is 1.24. The van der Waals surface area contributed by atoms with Crippen molar-refractivity contribution in [3.8, 4) is 0 Å². The standard InChI is InChI=1S/C6H7NS.3C4H9.Sn/c1-6-4-2-3-5-7(6)8;3*1-3-4-2;/h2,4-5,8H,1H3;3*1,3-4H2,2H3;/q+1;;;;. The Balaban J connectivity index is 3.12. The van der Waals surface area contributed by atoms with Gasteiger partial charge in [-0.1, -0.05) is 0 Å². The molecule has 0 saturated carbocycles. The average Bonchev–Trinajstić information content (AvgIpc) is 2.50. The summed E-state index contributed by atoms with van der Waals surface area (Å²) in [7, 11) is 0. The number of thiol groups is 1. The summed E-state index contributed by atoms with van der Waals surface area (Å²) in [5, 5.41) is 0. The molecule has 0 fully saturated rings. The summed E-state index contributed by atoms with van der Waals surface area (Å²) in [6.07, 6.45) is 10.6. The van der Waals surface area contributed by atoms with Gasteiger partial charge in [-0.3, -0.25) is 0 Å². The van der Waals surface area contributed by atoms with Crippen molar-refractivity contribution in [1.29, 1.82) is 0 Å². The van der Waals surface area contributed by atoms with Crippen molar-refractivity contribution in [2.75, 3.05) is 0 Å². The number of hydrogen-bond acceptors (Lipinski definition) is 1. The molecular formula is C18H34NSSn+. The Morgan fingerprint density at radius 3 is 1.76 bits per heavy atom. The van der Waals surface area contributed by atoms with Gasteiger partial charge in [0.15, 0.2) is 0 Å². The van der Waals surface area contributed by atoms with Gasteiger partial charge >= 0.3 is 142 Å². The summed E-state index contributed by atoms with van der Waals surface area (Å²) < 4.78 is 8.34. The summed E-state index contributed by atoms with van der Waals surface area (Å²) in [5.74, 6) is 0. The molecule has 0 amide bonds. The van der Waals surface area contributed by atoms with Gasteiger partial charge in [0.25, 0.3) is 0 Å². The van der Waals surface area contributed by atoms with Crippen molar-refractivity contribution in [2.45, 2.75) is 79.5 Å². The monoisotopic (exact) mass is 416 g/mol. The second-order valence-corrected chi connectivity index (χ2v) is 20.2. The third-order valence-electron chi connectivity index (χ3n) is 4.77. The van der Waals surface area contributed by atoms with Crippen molar-refractivity contribution in [3.05, 3.63) is 24.0 Å². The zero-order valence-electron chi connectivity index (χ0n) is 14.5. The molecule has 0 aromatic carbocycles. The second-order valence-electron chi connectivity index (χ2n) is 6.49. The van der Waals surface area contributed by atoms with Crippen LogP contribution in [0.1, 0.15) is 65.0 Å².